The summed E-state index contributed by atoms with van der Waals surface area (Å²) in [6.07, 6.45) is -0.395. The third-order valence-electron chi connectivity index (χ3n) is 1.65. The summed E-state index contributed by atoms with van der Waals surface area (Å²) in [5.41, 5.74) is 0.487. The zero-order chi connectivity index (χ0) is 11.3. The van der Waals surface area contributed by atoms with E-state index < -0.39 is 18.2 Å². The lowest BCUT2D eigenvalue weighted by atomic mass is 10.1. The van der Waals surface area contributed by atoms with Crippen LogP contribution in [0.2, 0.25) is 0 Å². The molecule has 1 aromatic carbocycles. The second kappa shape index (κ2) is 4.78. The summed E-state index contributed by atoms with van der Waals surface area (Å²) in [6.45, 7) is 0. The molecule has 4 heteroatoms. The van der Waals surface area contributed by atoms with Crippen molar-refractivity contribution in [1.82, 2.24) is 0 Å². The number of hydrogen-bond acceptors (Lipinski definition) is 2. The van der Waals surface area contributed by atoms with Crippen molar-refractivity contribution in [2.24, 2.45) is 0 Å². The molecule has 0 amide bonds. The quantitative estimate of drug-likeness (QED) is 0.737. The van der Waals surface area contributed by atoms with Crippen LogP contribution >= 0.6 is 0 Å². The summed E-state index contributed by atoms with van der Waals surface area (Å²) < 4.78 is 13.1. The van der Waals surface area contributed by atoms with Crippen molar-refractivity contribution in [3.05, 3.63) is 35.1 Å². The standard InChI is InChI=1S/C11H6FNO2/c12-10-4-3-8(2-1-5-13)6-9(10)7-11(14)15/h3-4,6H,7H2,(H,14,15). The maximum absolute atomic E-state index is 13.1. The molecule has 0 aliphatic heterocycles. The number of nitriles is 1. The lowest BCUT2D eigenvalue weighted by Crippen LogP contribution is -2.02. The molecule has 0 bridgehead atoms. The van der Waals surface area contributed by atoms with Crippen LogP contribution in [0.1, 0.15) is 11.1 Å². The van der Waals surface area contributed by atoms with E-state index in [1.807, 2.05) is 0 Å². The molecular weight excluding hydrogens is 197 g/mol. The van der Waals surface area contributed by atoms with Gasteiger partial charge in [-0.05, 0) is 18.2 Å². The Morgan fingerprint density at radius 2 is 2.27 bits per heavy atom. The highest BCUT2D eigenvalue weighted by Crippen LogP contribution is 2.10. The summed E-state index contributed by atoms with van der Waals surface area (Å²) in [5, 5.41) is 16.7. The normalized spacial score (nSPS) is 8.53. The van der Waals surface area contributed by atoms with E-state index in [-0.39, 0.29) is 5.56 Å². The molecule has 0 fully saturated rings. The Labute approximate surface area is 85.8 Å². The number of carboxylic acid groups (broad SMARTS) is 1. The van der Waals surface area contributed by atoms with Gasteiger partial charge in [-0.15, -0.1) is 0 Å². The van der Waals surface area contributed by atoms with E-state index in [9.17, 15) is 9.18 Å². The number of hydrogen-bond donors (Lipinski definition) is 1. The molecule has 0 heterocycles. The van der Waals surface area contributed by atoms with Crippen molar-refractivity contribution in [2.45, 2.75) is 6.42 Å². The molecule has 0 radical (unpaired) electrons. The third kappa shape index (κ3) is 3.13. The molecule has 3 nitrogen and oxygen atoms in total. The summed E-state index contributed by atoms with van der Waals surface area (Å²) in [6, 6.07) is 5.48. The van der Waals surface area contributed by atoms with Gasteiger partial charge in [0.2, 0.25) is 0 Å². The summed E-state index contributed by atoms with van der Waals surface area (Å²) >= 11 is 0. The molecule has 0 saturated carbocycles. The molecule has 0 unspecified atom stereocenters. The second-order valence-corrected chi connectivity index (χ2v) is 2.74. The second-order valence-electron chi connectivity index (χ2n) is 2.74. The van der Waals surface area contributed by atoms with Crippen LogP contribution in [0, 0.1) is 29.0 Å². The average molecular weight is 203 g/mol. The van der Waals surface area contributed by atoms with Gasteiger partial charge in [0.25, 0.3) is 0 Å². The Morgan fingerprint density at radius 3 is 2.87 bits per heavy atom. The van der Waals surface area contributed by atoms with Crippen LogP contribution in [-0.2, 0) is 11.2 Å². The molecule has 1 rings (SSSR count). The van der Waals surface area contributed by atoms with Gasteiger partial charge in [-0.1, -0.05) is 5.92 Å². The Hall–Kier alpha value is -2.33. The number of carboxylic acids is 1. The Balaban J connectivity index is 3.06. The zero-order valence-electron chi connectivity index (χ0n) is 7.62. The molecule has 0 aliphatic rings. The first-order chi connectivity index (χ1) is 7.13. The van der Waals surface area contributed by atoms with Crippen molar-refractivity contribution in [1.29, 1.82) is 5.26 Å². The molecule has 1 N–H and O–H groups in total. The topological polar surface area (TPSA) is 61.1 Å². The maximum atomic E-state index is 13.1. The largest absolute Gasteiger partial charge is 0.481 e. The molecule has 0 aromatic heterocycles. The number of aliphatic carboxylic acids is 1. The van der Waals surface area contributed by atoms with Gasteiger partial charge in [-0.2, -0.15) is 5.26 Å². The smallest absolute Gasteiger partial charge is 0.307 e. The van der Waals surface area contributed by atoms with Gasteiger partial charge >= 0.3 is 5.97 Å². The predicted octanol–water partition coefficient (Wildman–Crippen LogP) is 1.33. The van der Waals surface area contributed by atoms with E-state index in [4.69, 9.17) is 10.4 Å². The monoisotopic (exact) mass is 203 g/mol. The fourth-order valence-electron chi connectivity index (χ4n) is 1.05. The molecule has 0 atom stereocenters. The number of halogens is 1. The van der Waals surface area contributed by atoms with E-state index in [0.717, 1.165) is 6.07 Å². The van der Waals surface area contributed by atoms with Crippen molar-refractivity contribution in [3.63, 3.8) is 0 Å². The van der Waals surface area contributed by atoms with Gasteiger partial charge in [0, 0.05) is 17.0 Å². The SMILES string of the molecule is N#CC#Cc1ccc(F)c(CC(=O)O)c1. The first kappa shape index (κ1) is 10.7. The highest BCUT2D eigenvalue weighted by Gasteiger charge is 2.06. The minimum atomic E-state index is -1.11. The number of carbonyl (C=O) groups is 1. The highest BCUT2D eigenvalue weighted by molar-refractivity contribution is 5.70. The van der Waals surface area contributed by atoms with Crippen molar-refractivity contribution in [2.75, 3.05) is 0 Å². The Morgan fingerprint density at radius 1 is 1.53 bits per heavy atom. The van der Waals surface area contributed by atoms with Gasteiger partial charge in [-0.25, -0.2) is 4.39 Å². The van der Waals surface area contributed by atoms with Gasteiger partial charge in [0.15, 0.2) is 6.07 Å². The lowest BCUT2D eigenvalue weighted by molar-refractivity contribution is -0.136. The fraction of sp³-hybridized carbons (Fsp3) is 0.0909. The predicted molar refractivity (Wildman–Crippen MR) is 50.2 cm³/mol. The Kier molecular flexibility index (Phi) is 3.43. The van der Waals surface area contributed by atoms with Gasteiger partial charge < -0.3 is 5.11 Å². The van der Waals surface area contributed by atoms with Crippen LogP contribution in [-0.4, -0.2) is 11.1 Å². The Bertz CT molecular complexity index is 492. The minimum Gasteiger partial charge on any atom is -0.481 e. The van der Waals surface area contributed by atoms with Crippen LogP contribution < -0.4 is 0 Å². The molecule has 0 saturated heterocycles. The van der Waals surface area contributed by atoms with Gasteiger partial charge in [0.1, 0.15) is 5.82 Å². The first-order valence-electron chi connectivity index (χ1n) is 4.04. The van der Waals surface area contributed by atoms with E-state index in [2.05, 4.69) is 11.8 Å². The number of benzene rings is 1. The number of rotatable bonds is 2. The summed E-state index contributed by atoms with van der Waals surface area (Å²) in [5.74, 6) is 2.92. The van der Waals surface area contributed by atoms with Gasteiger partial charge in [0.05, 0.1) is 6.42 Å². The van der Waals surface area contributed by atoms with Gasteiger partial charge in [-0.3, -0.25) is 4.79 Å². The van der Waals surface area contributed by atoms with Crippen molar-refractivity contribution < 1.29 is 14.3 Å². The molecule has 74 valence electrons. The van der Waals surface area contributed by atoms with E-state index in [1.165, 1.54) is 12.1 Å². The van der Waals surface area contributed by atoms with Crippen molar-refractivity contribution >= 4 is 5.97 Å². The third-order valence-corrected chi connectivity index (χ3v) is 1.65. The summed E-state index contributed by atoms with van der Waals surface area (Å²) in [7, 11) is 0. The van der Waals surface area contributed by atoms with E-state index >= 15 is 0 Å². The molecular formula is C11H6FNO2. The zero-order valence-corrected chi connectivity index (χ0v) is 7.62. The highest BCUT2D eigenvalue weighted by atomic mass is 19.1. The maximum Gasteiger partial charge on any atom is 0.307 e. The average Bonchev–Trinajstić information content (AvgIpc) is 2.18. The fourth-order valence-corrected chi connectivity index (χ4v) is 1.05. The van der Waals surface area contributed by atoms with E-state index in [1.54, 1.807) is 6.07 Å². The molecule has 1 aromatic rings. The number of nitrogens with zero attached hydrogens (tertiary/aromatic N) is 1. The first-order valence-corrected chi connectivity index (χ1v) is 4.04. The minimum absolute atomic E-state index is 0.0623. The van der Waals surface area contributed by atoms with Crippen LogP contribution in [0.4, 0.5) is 4.39 Å². The van der Waals surface area contributed by atoms with E-state index in [0.29, 0.717) is 5.56 Å². The lowest BCUT2D eigenvalue weighted by Gasteiger charge is -1.99. The van der Waals surface area contributed by atoms with Crippen molar-refractivity contribution in [3.8, 4) is 17.9 Å². The molecule has 0 spiro atoms. The van der Waals surface area contributed by atoms with Crippen LogP contribution in [0.3, 0.4) is 0 Å². The molecule has 0 aliphatic carbocycles. The van der Waals surface area contributed by atoms with Crippen LogP contribution in [0.25, 0.3) is 0 Å². The summed E-state index contributed by atoms with van der Waals surface area (Å²) in [4.78, 5) is 10.4. The van der Waals surface area contributed by atoms with Crippen LogP contribution in [0.15, 0.2) is 18.2 Å². The molecule has 15 heavy (non-hydrogen) atoms. The van der Waals surface area contributed by atoms with Crippen LogP contribution in [0.5, 0.6) is 0 Å².